The van der Waals surface area contributed by atoms with Crippen LogP contribution in [-0.2, 0) is 6.54 Å². The Morgan fingerprint density at radius 3 is 2.44 bits per heavy atom. The molecule has 0 aromatic carbocycles. The van der Waals surface area contributed by atoms with Crippen molar-refractivity contribution < 1.29 is 5.11 Å². The Morgan fingerprint density at radius 2 is 1.94 bits per heavy atom. The number of nitrogens with zero attached hydrogens (tertiary/aromatic N) is 3. The van der Waals surface area contributed by atoms with E-state index in [-0.39, 0.29) is 6.10 Å². The van der Waals surface area contributed by atoms with E-state index < -0.39 is 0 Å². The van der Waals surface area contributed by atoms with Gasteiger partial charge in [0.15, 0.2) is 0 Å². The predicted molar refractivity (Wildman–Crippen MR) is 74.4 cm³/mol. The predicted octanol–water partition coefficient (Wildman–Crippen LogP) is 2.00. The second kappa shape index (κ2) is 8.27. The van der Waals surface area contributed by atoms with Crippen molar-refractivity contribution in [1.29, 1.82) is 0 Å². The zero-order chi connectivity index (χ0) is 13.4. The zero-order valence-corrected chi connectivity index (χ0v) is 11.9. The first-order valence-electron chi connectivity index (χ1n) is 7.07. The molecule has 1 unspecified atom stereocenters. The summed E-state index contributed by atoms with van der Waals surface area (Å²) in [5.74, 6) is 0.738. The minimum absolute atomic E-state index is 0.348. The van der Waals surface area contributed by atoms with E-state index in [2.05, 4.69) is 30.8 Å². The highest BCUT2D eigenvalue weighted by molar-refractivity contribution is 4.79. The van der Waals surface area contributed by atoms with Gasteiger partial charge in [-0.3, -0.25) is 4.68 Å². The number of aliphatic hydroxyl groups excluding tert-OH is 1. The third-order valence-corrected chi connectivity index (χ3v) is 3.54. The molecule has 0 aliphatic heterocycles. The molecular formula is C14H27N3O. The number of aliphatic hydroxyl groups is 1. The lowest BCUT2D eigenvalue weighted by atomic mass is 10.0. The van der Waals surface area contributed by atoms with E-state index in [1.807, 2.05) is 12.3 Å². The fourth-order valence-electron chi connectivity index (χ4n) is 2.22. The second-order valence-electron chi connectivity index (χ2n) is 4.92. The molecule has 1 rings (SSSR count). The third kappa shape index (κ3) is 5.19. The van der Waals surface area contributed by atoms with Gasteiger partial charge < -0.3 is 10.0 Å². The first kappa shape index (κ1) is 15.2. The second-order valence-corrected chi connectivity index (χ2v) is 4.92. The number of hydrogen-bond acceptors (Lipinski definition) is 3. The molecule has 1 atom stereocenters. The van der Waals surface area contributed by atoms with Crippen molar-refractivity contribution in [2.75, 3.05) is 19.6 Å². The summed E-state index contributed by atoms with van der Waals surface area (Å²) in [4.78, 5) is 2.34. The molecular weight excluding hydrogens is 226 g/mol. The van der Waals surface area contributed by atoms with E-state index in [9.17, 15) is 5.11 Å². The number of aromatic nitrogens is 2. The topological polar surface area (TPSA) is 41.3 Å². The Bertz CT molecular complexity index is 296. The average Bonchev–Trinajstić information content (AvgIpc) is 2.87. The van der Waals surface area contributed by atoms with Crippen molar-refractivity contribution in [3.63, 3.8) is 0 Å². The summed E-state index contributed by atoms with van der Waals surface area (Å²) in [5.41, 5.74) is 0. The highest BCUT2D eigenvalue weighted by Crippen LogP contribution is 2.10. The highest BCUT2D eigenvalue weighted by Gasteiger charge is 2.14. The molecule has 18 heavy (non-hydrogen) atoms. The fraction of sp³-hybridized carbons (Fsp3) is 0.786. The minimum Gasteiger partial charge on any atom is -0.390 e. The van der Waals surface area contributed by atoms with Crippen molar-refractivity contribution in [2.24, 2.45) is 5.92 Å². The highest BCUT2D eigenvalue weighted by atomic mass is 16.3. The van der Waals surface area contributed by atoms with Gasteiger partial charge in [0, 0.05) is 25.5 Å². The van der Waals surface area contributed by atoms with Gasteiger partial charge >= 0.3 is 0 Å². The van der Waals surface area contributed by atoms with Crippen LogP contribution >= 0.6 is 0 Å². The third-order valence-electron chi connectivity index (χ3n) is 3.54. The van der Waals surface area contributed by atoms with Crippen LogP contribution in [-0.4, -0.2) is 45.5 Å². The first-order valence-corrected chi connectivity index (χ1v) is 7.07. The number of rotatable bonds is 9. The fourth-order valence-corrected chi connectivity index (χ4v) is 2.22. The number of hydrogen-bond donors (Lipinski definition) is 1. The largest absolute Gasteiger partial charge is 0.390 e. The van der Waals surface area contributed by atoms with Gasteiger partial charge in [0.05, 0.1) is 12.6 Å². The summed E-state index contributed by atoms with van der Waals surface area (Å²) in [6, 6.07) is 1.88. The molecule has 0 spiro atoms. The van der Waals surface area contributed by atoms with Crippen LogP contribution in [0.4, 0.5) is 0 Å². The van der Waals surface area contributed by atoms with Gasteiger partial charge in [-0.2, -0.15) is 5.10 Å². The molecule has 0 saturated carbocycles. The lowest BCUT2D eigenvalue weighted by Crippen LogP contribution is -2.37. The Balaban J connectivity index is 2.37. The molecule has 1 aromatic rings. The SMILES string of the molecule is CCC(CC)CN(CC)CC(O)Cn1cccn1. The van der Waals surface area contributed by atoms with Gasteiger partial charge in [-0.05, 0) is 18.5 Å². The standard InChI is InChI=1S/C14H27N3O/c1-4-13(5-2)10-16(6-3)11-14(18)12-17-9-7-8-15-17/h7-9,13-14,18H,4-6,10-12H2,1-3H3. The molecule has 0 aliphatic rings. The summed E-state index contributed by atoms with van der Waals surface area (Å²) in [7, 11) is 0. The van der Waals surface area contributed by atoms with Gasteiger partial charge in [-0.15, -0.1) is 0 Å². The van der Waals surface area contributed by atoms with Crippen LogP contribution in [0.25, 0.3) is 0 Å². The molecule has 0 radical (unpaired) electrons. The van der Waals surface area contributed by atoms with Crippen LogP contribution < -0.4 is 0 Å². The molecule has 4 nitrogen and oxygen atoms in total. The quantitative estimate of drug-likeness (QED) is 0.732. The molecule has 104 valence electrons. The van der Waals surface area contributed by atoms with Crippen molar-refractivity contribution in [3.8, 4) is 0 Å². The molecule has 1 N–H and O–H groups in total. The Labute approximate surface area is 111 Å². The summed E-state index contributed by atoms with van der Waals surface area (Å²) in [5, 5.41) is 14.2. The lowest BCUT2D eigenvalue weighted by molar-refractivity contribution is 0.0885. The lowest BCUT2D eigenvalue weighted by Gasteiger charge is -2.27. The van der Waals surface area contributed by atoms with Gasteiger partial charge in [0.2, 0.25) is 0 Å². The van der Waals surface area contributed by atoms with Crippen molar-refractivity contribution >= 4 is 0 Å². The molecule has 0 fully saturated rings. The van der Waals surface area contributed by atoms with E-state index >= 15 is 0 Å². The maximum Gasteiger partial charge on any atom is 0.0862 e. The molecule has 1 aromatic heterocycles. The van der Waals surface area contributed by atoms with Crippen LogP contribution in [0.15, 0.2) is 18.5 Å². The van der Waals surface area contributed by atoms with Crippen molar-refractivity contribution in [1.82, 2.24) is 14.7 Å². The van der Waals surface area contributed by atoms with Crippen LogP contribution in [0.5, 0.6) is 0 Å². The molecule has 1 heterocycles. The maximum absolute atomic E-state index is 10.1. The Hall–Kier alpha value is -0.870. The Kier molecular flexibility index (Phi) is 6.98. The number of likely N-dealkylation sites (N-methyl/N-ethyl adjacent to an activating group) is 1. The van der Waals surface area contributed by atoms with E-state index in [1.54, 1.807) is 10.9 Å². The van der Waals surface area contributed by atoms with E-state index in [0.717, 1.165) is 25.6 Å². The van der Waals surface area contributed by atoms with Gasteiger partial charge in [-0.1, -0.05) is 33.6 Å². The summed E-state index contributed by atoms with van der Waals surface area (Å²) in [6.45, 7) is 10.0. The van der Waals surface area contributed by atoms with Crippen molar-refractivity contribution in [3.05, 3.63) is 18.5 Å². The normalized spacial score (nSPS) is 13.4. The molecule has 0 bridgehead atoms. The van der Waals surface area contributed by atoms with E-state index in [4.69, 9.17) is 0 Å². The minimum atomic E-state index is -0.348. The average molecular weight is 253 g/mol. The summed E-state index contributed by atoms with van der Waals surface area (Å²) in [6.07, 6.45) is 5.71. The zero-order valence-electron chi connectivity index (χ0n) is 11.9. The summed E-state index contributed by atoms with van der Waals surface area (Å²) >= 11 is 0. The Morgan fingerprint density at radius 1 is 1.22 bits per heavy atom. The molecule has 4 heteroatoms. The van der Waals surface area contributed by atoms with Crippen LogP contribution in [0, 0.1) is 5.92 Å². The maximum atomic E-state index is 10.1. The van der Waals surface area contributed by atoms with Crippen LogP contribution in [0.2, 0.25) is 0 Å². The van der Waals surface area contributed by atoms with E-state index in [0.29, 0.717) is 6.54 Å². The monoisotopic (exact) mass is 253 g/mol. The molecule has 0 aliphatic carbocycles. The molecule has 0 saturated heterocycles. The van der Waals surface area contributed by atoms with Crippen LogP contribution in [0.1, 0.15) is 33.6 Å². The molecule has 0 amide bonds. The smallest absolute Gasteiger partial charge is 0.0862 e. The van der Waals surface area contributed by atoms with Crippen LogP contribution in [0.3, 0.4) is 0 Å². The van der Waals surface area contributed by atoms with Gasteiger partial charge in [-0.25, -0.2) is 0 Å². The van der Waals surface area contributed by atoms with Crippen molar-refractivity contribution in [2.45, 2.75) is 46.3 Å². The van der Waals surface area contributed by atoms with Gasteiger partial charge in [0.25, 0.3) is 0 Å². The van der Waals surface area contributed by atoms with Gasteiger partial charge in [0.1, 0.15) is 0 Å². The summed E-state index contributed by atoms with van der Waals surface area (Å²) < 4.78 is 1.79. The first-order chi connectivity index (χ1) is 8.69. The van der Waals surface area contributed by atoms with E-state index in [1.165, 1.54) is 12.8 Å².